The topological polar surface area (TPSA) is 38.5 Å². The number of anilines is 1. The number of benzene rings is 1. The van der Waals surface area contributed by atoms with Crippen molar-refractivity contribution in [2.75, 3.05) is 24.7 Å². The van der Waals surface area contributed by atoms with Crippen LogP contribution in [0.1, 0.15) is 25.5 Å². The Hall–Kier alpha value is -1.13. The van der Waals surface area contributed by atoms with Crippen molar-refractivity contribution in [3.05, 3.63) is 29.6 Å². The van der Waals surface area contributed by atoms with Gasteiger partial charge in [0.05, 0.1) is 13.2 Å². The van der Waals surface area contributed by atoms with Gasteiger partial charge in [-0.1, -0.05) is 0 Å². The van der Waals surface area contributed by atoms with Crippen LogP contribution in [0.15, 0.2) is 18.2 Å². The third-order valence-electron chi connectivity index (χ3n) is 3.16. The molecule has 2 atom stereocenters. The zero-order chi connectivity index (χ0) is 12.4. The fourth-order valence-electron chi connectivity index (χ4n) is 2.24. The second-order valence-electron chi connectivity index (χ2n) is 4.61. The third kappa shape index (κ3) is 2.58. The fourth-order valence-corrected chi connectivity index (χ4v) is 2.24. The van der Waals surface area contributed by atoms with Crippen molar-refractivity contribution in [3.8, 4) is 0 Å². The monoisotopic (exact) mass is 238 g/mol. The second kappa shape index (κ2) is 5.02. The lowest BCUT2D eigenvalue weighted by molar-refractivity contribution is 0.0988. The SMILES string of the molecule is CC(N)c1cc(F)ccc1N1CCOCC1C. The van der Waals surface area contributed by atoms with Gasteiger partial charge < -0.3 is 15.4 Å². The van der Waals surface area contributed by atoms with Crippen molar-refractivity contribution < 1.29 is 9.13 Å². The normalized spacial score (nSPS) is 22.6. The number of rotatable bonds is 2. The van der Waals surface area contributed by atoms with Crippen LogP contribution in [0.25, 0.3) is 0 Å². The van der Waals surface area contributed by atoms with Crippen molar-refractivity contribution in [1.82, 2.24) is 0 Å². The summed E-state index contributed by atoms with van der Waals surface area (Å²) in [6.07, 6.45) is 0. The molecule has 1 aromatic carbocycles. The van der Waals surface area contributed by atoms with E-state index in [1.165, 1.54) is 12.1 Å². The molecule has 2 unspecified atom stereocenters. The number of ether oxygens (including phenoxy) is 1. The molecule has 2 rings (SSSR count). The van der Waals surface area contributed by atoms with Gasteiger partial charge in [0.25, 0.3) is 0 Å². The average molecular weight is 238 g/mol. The fraction of sp³-hybridized carbons (Fsp3) is 0.538. The molecule has 0 saturated carbocycles. The molecule has 1 aliphatic heterocycles. The van der Waals surface area contributed by atoms with E-state index >= 15 is 0 Å². The first-order valence-corrected chi connectivity index (χ1v) is 5.99. The van der Waals surface area contributed by atoms with Gasteiger partial charge in [-0.05, 0) is 37.6 Å². The van der Waals surface area contributed by atoms with Crippen LogP contribution in [0.4, 0.5) is 10.1 Å². The number of nitrogens with two attached hydrogens (primary N) is 1. The highest BCUT2D eigenvalue weighted by Gasteiger charge is 2.22. The molecule has 0 bridgehead atoms. The van der Waals surface area contributed by atoms with E-state index in [-0.39, 0.29) is 11.9 Å². The van der Waals surface area contributed by atoms with Gasteiger partial charge in [0.15, 0.2) is 0 Å². The van der Waals surface area contributed by atoms with Gasteiger partial charge in [0, 0.05) is 24.3 Å². The van der Waals surface area contributed by atoms with Crippen LogP contribution in [-0.2, 0) is 4.74 Å². The molecule has 3 nitrogen and oxygen atoms in total. The first-order valence-electron chi connectivity index (χ1n) is 5.99. The summed E-state index contributed by atoms with van der Waals surface area (Å²) in [5.74, 6) is -0.234. The number of nitrogens with zero attached hydrogens (tertiary/aromatic N) is 1. The van der Waals surface area contributed by atoms with Gasteiger partial charge in [-0.3, -0.25) is 0 Å². The molecule has 4 heteroatoms. The van der Waals surface area contributed by atoms with E-state index in [2.05, 4.69) is 11.8 Å². The minimum atomic E-state index is -0.234. The molecule has 0 spiro atoms. The van der Waals surface area contributed by atoms with E-state index in [4.69, 9.17) is 10.5 Å². The summed E-state index contributed by atoms with van der Waals surface area (Å²) in [4.78, 5) is 2.24. The van der Waals surface area contributed by atoms with E-state index in [1.807, 2.05) is 13.0 Å². The smallest absolute Gasteiger partial charge is 0.123 e. The first kappa shape index (κ1) is 12.3. The molecule has 0 aromatic heterocycles. The largest absolute Gasteiger partial charge is 0.377 e. The van der Waals surface area contributed by atoms with Crippen LogP contribution < -0.4 is 10.6 Å². The molecule has 1 aromatic rings. The summed E-state index contributed by atoms with van der Waals surface area (Å²) >= 11 is 0. The van der Waals surface area contributed by atoms with Crippen LogP contribution >= 0.6 is 0 Å². The third-order valence-corrected chi connectivity index (χ3v) is 3.16. The van der Waals surface area contributed by atoms with E-state index < -0.39 is 0 Å². The maximum atomic E-state index is 13.3. The Labute approximate surface area is 101 Å². The number of hydrogen-bond acceptors (Lipinski definition) is 3. The molecule has 0 radical (unpaired) electrons. The average Bonchev–Trinajstić information content (AvgIpc) is 2.30. The molecular formula is C13H19FN2O. The Morgan fingerprint density at radius 2 is 2.29 bits per heavy atom. The highest BCUT2D eigenvalue weighted by molar-refractivity contribution is 5.56. The van der Waals surface area contributed by atoms with E-state index in [0.29, 0.717) is 19.3 Å². The summed E-state index contributed by atoms with van der Waals surface area (Å²) in [6.45, 7) is 6.22. The molecule has 2 N–H and O–H groups in total. The van der Waals surface area contributed by atoms with Crippen molar-refractivity contribution in [2.24, 2.45) is 5.73 Å². The maximum absolute atomic E-state index is 13.3. The lowest BCUT2D eigenvalue weighted by Gasteiger charge is -2.37. The van der Waals surface area contributed by atoms with Gasteiger partial charge in [-0.15, -0.1) is 0 Å². The second-order valence-corrected chi connectivity index (χ2v) is 4.61. The van der Waals surface area contributed by atoms with Crippen molar-refractivity contribution in [3.63, 3.8) is 0 Å². The quantitative estimate of drug-likeness (QED) is 0.857. The standard InChI is InChI=1S/C13H19FN2O/c1-9-8-17-6-5-16(9)13-4-3-11(14)7-12(13)10(2)15/h3-4,7,9-10H,5-6,8,15H2,1-2H3. The highest BCUT2D eigenvalue weighted by Crippen LogP contribution is 2.28. The molecule has 0 aliphatic carbocycles. The summed E-state index contributed by atoms with van der Waals surface area (Å²) in [7, 11) is 0. The van der Waals surface area contributed by atoms with E-state index in [1.54, 1.807) is 0 Å². The van der Waals surface area contributed by atoms with Crippen LogP contribution in [0, 0.1) is 5.82 Å². The first-order chi connectivity index (χ1) is 8.09. The van der Waals surface area contributed by atoms with Gasteiger partial charge in [0.2, 0.25) is 0 Å². The summed E-state index contributed by atoms with van der Waals surface area (Å²) in [5.41, 5.74) is 7.80. The summed E-state index contributed by atoms with van der Waals surface area (Å²) in [5, 5.41) is 0. The van der Waals surface area contributed by atoms with E-state index in [0.717, 1.165) is 17.8 Å². The Bertz CT molecular complexity index is 395. The van der Waals surface area contributed by atoms with Gasteiger partial charge in [0.1, 0.15) is 5.82 Å². The van der Waals surface area contributed by atoms with Crippen molar-refractivity contribution >= 4 is 5.69 Å². The summed E-state index contributed by atoms with van der Waals surface area (Å²) < 4.78 is 18.7. The predicted molar refractivity (Wildman–Crippen MR) is 66.6 cm³/mol. The Balaban J connectivity index is 2.36. The lowest BCUT2D eigenvalue weighted by Crippen LogP contribution is -2.44. The maximum Gasteiger partial charge on any atom is 0.123 e. The summed E-state index contributed by atoms with van der Waals surface area (Å²) in [6, 6.07) is 4.96. The molecule has 1 saturated heterocycles. The van der Waals surface area contributed by atoms with Crippen LogP contribution in [0.3, 0.4) is 0 Å². The minimum absolute atomic E-state index is 0.171. The van der Waals surface area contributed by atoms with Gasteiger partial charge in [-0.2, -0.15) is 0 Å². The molecule has 94 valence electrons. The van der Waals surface area contributed by atoms with Gasteiger partial charge >= 0.3 is 0 Å². The molecule has 1 fully saturated rings. The van der Waals surface area contributed by atoms with Crippen molar-refractivity contribution in [1.29, 1.82) is 0 Å². The molecule has 0 amide bonds. The molecule has 1 aliphatic rings. The molecule has 1 heterocycles. The van der Waals surface area contributed by atoms with Crippen LogP contribution in [0.5, 0.6) is 0 Å². The van der Waals surface area contributed by atoms with E-state index in [9.17, 15) is 4.39 Å². The van der Waals surface area contributed by atoms with Gasteiger partial charge in [-0.25, -0.2) is 4.39 Å². The zero-order valence-electron chi connectivity index (χ0n) is 10.3. The molecular weight excluding hydrogens is 219 g/mol. The van der Waals surface area contributed by atoms with Crippen LogP contribution in [0.2, 0.25) is 0 Å². The molecule has 17 heavy (non-hydrogen) atoms. The Kier molecular flexibility index (Phi) is 3.64. The minimum Gasteiger partial charge on any atom is -0.377 e. The number of halogens is 1. The number of hydrogen-bond donors (Lipinski definition) is 1. The zero-order valence-corrected chi connectivity index (χ0v) is 10.3. The highest BCUT2D eigenvalue weighted by atomic mass is 19.1. The van der Waals surface area contributed by atoms with Crippen LogP contribution in [-0.4, -0.2) is 25.8 Å². The lowest BCUT2D eigenvalue weighted by atomic mass is 10.0. The number of morpholine rings is 1. The predicted octanol–water partition coefficient (Wildman–Crippen LogP) is 2.07. The Morgan fingerprint density at radius 1 is 1.53 bits per heavy atom. The Morgan fingerprint density at radius 3 is 2.94 bits per heavy atom. The van der Waals surface area contributed by atoms with Crippen molar-refractivity contribution in [2.45, 2.75) is 25.9 Å².